The SMILES string of the molecule is CCCCCCCCCCCCCCCC(=O)OC[C@H](COP(=O)(O)OP(=O)(O)OC[C@H]1O[C@@H](n2ccc(N)nc2=O)[C@H](O)[C@@H]1O)OC(=O)CCC/C=C\C/C=C\C/C=C\C/C=C\C=C\[C@H](O)CC. The van der Waals surface area contributed by atoms with E-state index in [4.69, 9.17) is 29.0 Å². The van der Waals surface area contributed by atoms with E-state index < -0.39 is 89.8 Å². The molecule has 19 nitrogen and oxygen atoms in total. The van der Waals surface area contributed by atoms with Crippen LogP contribution in [0.2, 0.25) is 0 Å². The van der Waals surface area contributed by atoms with Gasteiger partial charge >= 0.3 is 33.3 Å². The molecule has 1 aliphatic rings. The second kappa shape index (κ2) is 36.4. The summed E-state index contributed by atoms with van der Waals surface area (Å²) in [7, 11) is -10.9. The molecule has 0 amide bonds. The number of nitrogens with zero attached hydrogens (tertiary/aromatic N) is 2. The van der Waals surface area contributed by atoms with Crippen molar-refractivity contribution in [1.82, 2.24) is 9.55 Å². The smallest absolute Gasteiger partial charge is 0.462 e. The molecule has 8 atom stereocenters. The first kappa shape index (κ1) is 61.5. The first-order valence-corrected chi connectivity index (χ1v) is 27.4. The number of ether oxygens (including phenoxy) is 3. The molecule has 1 saturated heterocycles. The Morgan fingerprint density at radius 3 is 1.94 bits per heavy atom. The number of carbonyl (C=O) groups excluding carboxylic acids is 2. The summed E-state index contributed by atoms with van der Waals surface area (Å²) in [5.41, 5.74) is 4.57. The van der Waals surface area contributed by atoms with Gasteiger partial charge in [0.15, 0.2) is 12.3 Å². The summed E-state index contributed by atoms with van der Waals surface area (Å²) < 4.78 is 56.6. The normalized spacial score (nSPS) is 20.3. The van der Waals surface area contributed by atoms with Crippen molar-refractivity contribution in [2.45, 2.75) is 185 Å². The molecule has 69 heavy (non-hydrogen) atoms. The standard InChI is InChI=1S/C48H79N3O16P2/c1-3-5-6-7-8-9-10-13-17-20-23-26-29-32-43(53)62-36-40(65-44(54)33-30-27-24-21-18-15-12-11-14-16-19-22-25-28-31-39(52)4-2)37-63-68(58,59)67-69(60,61)64-38-41-45(55)46(56)47(66-41)51-35-34-42(49)50-48(51)57/h12,14-16,21-22,24-25,28,31,34-35,39-41,45-47,52,55-56H,3-11,13,17-20,23,26-27,29-30,32-33,36-38H2,1-2H3,(H,58,59)(H,60,61)(H2,49,50,57)/b15-12-,16-14-,24-21-,25-22-,31-28+/t39-,40-,41-,45-,46-,47-/m1/s1. The number of carbonyl (C=O) groups is 2. The van der Waals surface area contributed by atoms with Crippen molar-refractivity contribution >= 4 is 33.4 Å². The number of esters is 2. The molecule has 0 aliphatic carbocycles. The number of rotatable bonds is 39. The van der Waals surface area contributed by atoms with E-state index in [-0.39, 0.29) is 18.7 Å². The molecule has 0 radical (unpaired) electrons. The van der Waals surface area contributed by atoms with Gasteiger partial charge in [-0.1, -0.05) is 152 Å². The molecular weight excluding hydrogens is 936 g/mol. The van der Waals surface area contributed by atoms with Gasteiger partial charge in [0, 0.05) is 19.0 Å². The van der Waals surface area contributed by atoms with Crippen molar-refractivity contribution in [2.24, 2.45) is 0 Å². The molecule has 1 aromatic heterocycles. The van der Waals surface area contributed by atoms with Gasteiger partial charge in [0.2, 0.25) is 0 Å². The largest absolute Gasteiger partial charge is 0.481 e. The van der Waals surface area contributed by atoms with Crippen LogP contribution >= 0.6 is 15.6 Å². The fourth-order valence-corrected chi connectivity index (χ4v) is 8.94. The number of hydrogen-bond acceptors (Lipinski definition) is 16. The Kier molecular flexibility index (Phi) is 32.4. The van der Waals surface area contributed by atoms with Crippen LogP contribution in [0.3, 0.4) is 0 Å². The minimum atomic E-state index is -5.44. The molecule has 2 rings (SSSR count). The van der Waals surface area contributed by atoms with E-state index in [9.17, 15) is 48.6 Å². The van der Waals surface area contributed by atoms with Crippen LogP contribution in [0.25, 0.3) is 0 Å². The maximum absolute atomic E-state index is 12.8. The van der Waals surface area contributed by atoms with Gasteiger partial charge in [0.1, 0.15) is 30.7 Å². The van der Waals surface area contributed by atoms with Gasteiger partial charge < -0.3 is 45.1 Å². The lowest BCUT2D eigenvalue weighted by Crippen LogP contribution is -2.36. The number of phosphoric ester groups is 2. The summed E-state index contributed by atoms with van der Waals surface area (Å²) in [6.07, 6.45) is 31.2. The highest BCUT2D eigenvalue weighted by Crippen LogP contribution is 2.60. The molecule has 2 heterocycles. The minimum Gasteiger partial charge on any atom is -0.462 e. The van der Waals surface area contributed by atoms with E-state index in [0.29, 0.717) is 32.1 Å². The number of aromatic nitrogens is 2. The Morgan fingerprint density at radius 1 is 0.768 bits per heavy atom. The summed E-state index contributed by atoms with van der Waals surface area (Å²) in [5, 5.41) is 30.4. The molecule has 2 unspecified atom stereocenters. The van der Waals surface area contributed by atoms with Gasteiger partial charge in [0.25, 0.3) is 0 Å². The van der Waals surface area contributed by atoms with Crippen molar-refractivity contribution in [2.75, 3.05) is 25.6 Å². The molecule has 1 fully saturated rings. The molecule has 1 aliphatic heterocycles. The van der Waals surface area contributed by atoms with Crippen molar-refractivity contribution < 1.29 is 71.4 Å². The quantitative estimate of drug-likeness (QED) is 0.0118. The second-order valence-corrected chi connectivity index (χ2v) is 19.8. The first-order valence-electron chi connectivity index (χ1n) is 24.4. The van der Waals surface area contributed by atoms with Gasteiger partial charge in [-0.3, -0.25) is 23.2 Å². The van der Waals surface area contributed by atoms with Gasteiger partial charge in [-0.15, -0.1) is 0 Å². The zero-order chi connectivity index (χ0) is 50.8. The average Bonchev–Trinajstić information content (AvgIpc) is 3.58. The predicted molar refractivity (Wildman–Crippen MR) is 262 cm³/mol. The van der Waals surface area contributed by atoms with E-state index in [1.54, 1.807) is 6.08 Å². The number of aliphatic hydroxyl groups excluding tert-OH is 3. The molecule has 7 N–H and O–H groups in total. The van der Waals surface area contributed by atoms with Crippen molar-refractivity contribution in [1.29, 1.82) is 0 Å². The molecule has 0 saturated carbocycles. The zero-order valence-corrected chi connectivity index (χ0v) is 42.2. The minimum absolute atomic E-state index is 0.0428. The van der Waals surface area contributed by atoms with Crippen LogP contribution in [-0.4, -0.2) is 96.9 Å². The number of phosphoric acid groups is 2. The van der Waals surface area contributed by atoms with E-state index >= 15 is 0 Å². The van der Waals surface area contributed by atoms with Gasteiger partial charge in [-0.25, -0.2) is 13.9 Å². The number of unbranched alkanes of at least 4 members (excludes halogenated alkanes) is 13. The van der Waals surface area contributed by atoms with E-state index in [2.05, 4.69) is 28.4 Å². The maximum atomic E-state index is 12.8. The Hall–Kier alpha value is -3.58. The summed E-state index contributed by atoms with van der Waals surface area (Å²) in [4.78, 5) is 61.8. The highest BCUT2D eigenvalue weighted by Gasteiger charge is 2.46. The average molecular weight is 1020 g/mol. The fraction of sp³-hybridized carbons (Fsp3) is 0.667. The second-order valence-electron chi connectivity index (χ2n) is 16.8. The van der Waals surface area contributed by atoms with E-state index in [1.807, 2.05) is 49.5 Å². The number of nitrogen functional groups attached to an aromatic ring is 1. The third-order valence-electron chi connectivity index (χ3n) is 10.8. The first-order chi connectivity index (χ1) is 33.1. The topological polar surface area (TPSA) is 286 Å². The number of aliphatic hydroxyl groups is 3. The summed E-state index contributed by atoms with van der Waals surface area (Å²) in [6.45, 7) is 1.75. The number of hydrogen-bond donors (Lipinski definition) is 6. The fourth-order valence-electron chi connectivity index (χ4n) is 6.83. The number of nitrogens with two attached hydrogens (primary N) is 1. The highest BCUT2D eigenvalue weighted by molar-refractivity contribution is 7.61. The Labute approximate surface area is 407 Å². The van der Waals surface area contributed by atoms with Crippen LogP contribution in [0.1, 0.15) is 155 Å². The molecular formula is C48H79N3O16P2. The summed E-state index contributed by atoms with van der Waals surface area (Å²) in [5.74, 6) is -1.39. The lowest BCUT2D eigenvalue weighted by molar-refractivity contribution is -0.161. The van der Waals surface area contributed by atoms with Crippen LogP contribution in [0.5, 0.6) is 0 Å². The van der Waals surface area contributed by atoms with Gasteiger partial charge in [0.05, 0.1) is 19.3 Å². The van der Waals surface area contributed by atoms with Gasteiger partial charge in [-0.2, -0.15) is 9.29 Å². The van der Waals surface area contributed by atoms with Crippen molar-refractivity contribution in [3.63, 3.8) is 0 Å². The van der Waals surface area contributed by atoms with Crippen LogP contribution in [0.4, 0.5) is 5.82 Å². The summed E-state index contributed by atoms with van der Waals surface area (Å²) >= 11 is 0. The molecule has 0 bridgehead atoms. The van der Waals surface area contributed by atoms with Crippen LogP contribution < -0.4 is 11.4 Å². The number of allylic oxidation sites excluding steroid dienone is 9. The Morgan fingerprint density at radius 2 is 1.33 bits per heavy atom. The van der Waals surface area contributed by atoms with E-state index in [1.165, 1.54) is 57.4 Å². The molecule has 1 aromatic rings. The Balaban J connectivity index is 1.85. The monoisotopic (exact) mass is 1020 g/mol. The third kappa shape index (κ3) is 29.4. The highest BCUT2D eigenvalue weighted by atomic mass is 31.3. The molecule has 0 aromatic carbocycles. The molecule has 392 valence electrons. The van der Waals surface area contributed by atoms with Crippen molar-refractivity contribution in [3.8, 4) is 0 Å². The zero-order valence-electron chi connectivity index (χ0n) is 40.5. The van der Waals surface area contributed by atoms with Gasteiger partial charge in [-0.05, 0) is 51.0 Å². The predicted octanol–water partition coefficient (Wildman–Crippen LogP) is 8.52. The van der Waals surface area contributed by atoms with Crippen molar-refractivity contribution in [3.05, 3.63) is 83.5 Å². The van der Waals surface area contributed by atoms with Crippen LogP contribution in [0, 0.1) is 0 Å². The summed E-state index contributed by atoms with van der Waals surface area (Å²) in [6, 6.07) is 1.24. The number of anilines is 1. The third-order valence-corrected chi connectivity index (χ3v) is 13.4. The van der Waals surface area contributed by atoms with E-state index in [0.717, 1.165) is 49.3 Å². The molecule has 0 spiro atoms. The lowest BCUT2D eigenvalue weighted by atomic mass is 10.0. The Bertz CT molecular complexity index is 1910. The van der Waals surface area contributed by atoms with Crippen LogP contribution in [-0.2, 0) is 46.3 Å². The molecule has 21 heteroatoms. The maximum Gasteiger partial charge on any atom is 0.481 e. The lowest BCUT2D eigenvalue weighted by Gasteiger charge is -2.21. The van der Waals surface area contributed by atoms with Crippen LogP contribution in [0.15, 0.2) is 77.8 Å².